The fourth-order valence-electron chi connectivity index (χ4n) is 9.99. The van der Waals surface area contributed by atoms with Crippen molar-refractivity contribution >= 4 is 0 Å². The highest BCUT2D eigenvalue weighted by Crippen LogP contribution is 2.66. The van der Waals surface area contributed by atoms with Gasteiger partial charge in [0.05, 0.1) is 13.2 Å². The van der Waals surface area contributed by atoms with Crippen molar-refractivity contribution in [3.8, 4) is 0 Å². The molecule has 6 aliphatic rings. The van der Waals surface area contributed by atoms with Gasteiger partial charge >= 0.3 is 0 Å². The first kappa shape index (κ1) is 20.5. The van der Waals surface area contributed by atoms with Gasteiger partial charge in [-0.15, -0.1) is 0 Å². The molecule has 0 N–H and O–H groups in total. The molecule has 6 rings (SSSR count). The molecule has 3 heteroatoms. The highest BCUT2D eigenvalue weighted by atomic mass is 16.5. The maximum absolute atomic E-state index is 5.67. The van der Waals surface area contributed by atoms with Crippen molar-refractivity contribution in [2.24, 2.45) is 34.5 Å². The third-order valence-corrected chi connectivity index (χ3v) is 11.6. The van der Waals surface area contributed by atoms with E-state index in [2.05, 4.69) is 23.6 Å². The molecule has 2 heterocycles. The lowest BCUT2D eigenvalue weighted by atomic mass is 9.45. The summed E-state index contributed by atoms with van der Waals surface area (Å²) in [5, 5.41) is 0. The number of morpholine rings is 1. The van der Waals surface area contributed by atoms with Gasteiger partial charge in [-0.1, -0.05) is 13.8 Å². The van der Waals surface area contributed by atoms with E-state index >= 15 is 0 Å². The van der Waals surface area contributed by atoms with Crippen LogP contribution in [0.25, 0.3) is 0 Å². The first-order valence-corrected chi connectivity index (χ1v) is 13.6. The van der Waals surface area contributed by atoms with Gasteiger partial charge in [0.25, 0.3) is 0 Å². The normalized spacial score (nSPS) is 52.6. The maximum Gasteiger partial charge on any atom is 0.0594 e. The Hall–Kier alpha value is -0.120. The lowest BCUT2D eigenvalue weighted by Crippen LogP contribution is -2.56. The SMILES string of the molecule is C[C@]12CC[C@H]3[C@@H](CC[C@H]4CC[C@@H](N5CCOCC5)C[C@@]43C)[C@@H]1C[C@H](N1CCCC1)C2. The minimum atomic E-state index is 0.608. The Labute approximate surface area is 185 Å². The zero-order chi connectivity index (χ0) is 20.3. The Bertz CT molecular complexity index is 626. The zero-order valence-electron chi connectivity index (χ0n) is 19.8. The van der Waals surface area contributed by atoms with E-state index in [9.17, 15) is 0 Å². The molecule has 0 aromatic carbocycles. The fourth-order valence-corrected chi connectivity index (χ4v) is 9.99. The molecule has 2 saturated heterocycles. The molecule has 6 fully saturated rings. The molecule has 2 aliphatic heterocycles. The van der Waals surface area contributed by atoms with Crippen molar-refractivity contribution in [1.29, 1.82) is 0 Å². The average molecular weight is 415 g/mol. The Kier molecular flexibility index (Phi) is 5.28. The molecule has 0 amide bonds. The molecule has 0 unspecified atom stereocenters. The highest BCUT2D eigenvalue weighted by molar-refractivity contribution is 5.10. The molecular formula is C27H46N2O. The van der Waals surface area contributed by atoms with Crippen LogP contribution < -0.4 is 0 Å². The first-order chi connectivity index (χ1) is 14.6. The van der Waals surface area contributed by atoms with Crippen LogP contribution in [0.3, 0.4) is 0 Å². The van der Waals surface area contributed by atoms with E-state index in [4.69, 9.17) is 4.74 Å². The summed E-state index contributed by atoms with van der Waals surface area (Å²) in [5.74, 6) is 4.07. The van der Waals surface area contributed by atoms with E-state index in [1.54, 1.807) is 6.42 Å². The average Bonchev–Trinajstić information content (AvgIpc) is 3.41. The Morgan fingerprint density at radius 3 is 2.27 bits per heavy atom. The molecule has 0 bridgehead atoms. The minimum Gasteiger partial charge on any atom is -0.379 e. The van der Waals surface area contributed by atoms with E-state index in [-0.39, 0.29) is 0 Å². The molecule has 4 aliphatic carbocycles. The number of likely N-dealkylation sites (tertiary alicyclic amines) is 1. The van der Waals surface area contributed by atoms with Crippen LogP contribution in [0.5, 0.6) is 0 Å². The second-order valence-electron chi connectivity index (χ2n) is 12.8. The quantitative estimate of drug-likeness (QED) is 0.618. The van der Waals surface area contributed by atoms with Gasteiger partial charge in [-0.3, -0.25) is 4.90 Å². The lowest BCUT2D eigenvalue weighted by molar-refractivity contribution is -0.122. The molecule has 3 nitrogen and oxygen atoms in total. The van der Waals surface area contributed by atoms with Gasteiger partial charge in [-0.05, 0) is 118 Å². The zero-order valence-corrected chi connectivity index (χ0v) is 19.8. The lowest BCUT2D eigenvalue weighted by Gasteiger charge is -2.61. The molecule has 170 valence electrons. The van der Waals surface area contributed by atoms with E-state index in [1.165, 1.54) is 90.4 Å². The van der Waals surface area contributed by atoms with Crippen molar-refractivity contribution in [2.75, 3.05) is 39.4 Å². The van der Waals surface area contributed by atoms with Crippen molar-refractivity contribution < 1.29 is 4.74 Å². The molecule has 8 atom stereocenters. The summed E-state index contributed by atoms with van der Waals surface area (Å²) in [6.07, 6.45) is 16.5. The van der Waals surface area contributed by atoms with Crippen molar-refractivity contribution in [2.45, 2.75) is 96.6 Å². The van der Waals surface area contributed by atoms with E-state index in [1.807, 2.05) is 0 Å². The summed E-state index contributed by atoms with van der Waals surface area (Å²) in [5.41, 5.74) is 1.26. The maximum atomic E-state index is 5.67. The topological polar surface area (TPSA) is 15.7 Å². The van der Waals surface area contributed by atoms with Crippen LogP contribution in [0.15, 0.2) is 0 Å². The molecule has 0 aromatic heterocycles. The molecule has 4 saturated carbocycles. The predicted molar refractivity (Wildman–Crippen MR) is 123 cm³/mol. The summed E-state index contributed by atoms with van der Waals surface area (Å²) < 4.78 is 5.67. The Balaban J connectivity index is 1.21. The third kappa shape index (κ3) is 3.24. The van der Waals surface area contributed by atoms with Gasteiger partial charge in [0.2, 0.25) is 0 Å². The van der Waals surface area contributed by atoms with Crippen LogP contribution in [0, 0.1) is 34.5 Å². The number of fused-ring (bicyclic) bond motifs is 5. The monoisotopic (exact) mass is 414 g/mol. The van der Waals surface area contributed by atoms with Crippen LogP contribution in [0.4, 0.5) is 0 Å². The highest BCUT2D eigenvalue weighted by Gasteiger charge is 2.60. The third-order valence-electron chi connectivity index (χ3n) is 11.6. The van der Waals surface area contributed by atoms with Gasteiger partial charge in [0, 0.05) is 25.2 Å². The summed E-state index contributed by atoms with van der Waals surface area (Å²) in [7, 11) is 0. The molecule has 30 heavy (non-hydrogen) atoms. The van der Waals surface area contributed by atoms with E-state index < -0.39 is 0 Å². The van der Waals surface area contributed by atoms with Gasteiger partial charge in [0.15, 0.2) is 0 Å². The summed E-state index contributed by atoms with van der Waals surface area (Å²) in [6.45, 7) is 12.5. The van der Waals surface area contributed by atoms with Gasteiger partial charge < -0.3 is 9.64 Å². The van der Waals surface area contributed by atoms with Gasteiger partial charge in [-0.25, -0.2) is 0 Å². The van der Waals surface area contributed by atoms with Crippen LogP contribution >= 0.6 is 0 Å². The van der Waals surface area contributed by atoms with Crippen LogP contribution in [-0.4, -0.2) is 61.3 Å². The largest absolute Gasteiger partial charge is 0.379 e. The second kappa shape index (κ2) is 7.73. The number of hydrogen-bond donors (Lipinski definition) is 0. The number of rotatable bonds is 2. The van der Waals surface area contributed by atoms with Crippen LogP contribution in [0.2, 0.25) is 0 Å². The number of hydrogen-bond acceptors (Lipinski definition) is 3. The summed E-state index contributed by atoms with van der Waals surface area (Å²) in [6, 6.07) is 1.75. The van der Waals surface area contributed by atoms with Crippen molar-refractivity contribution in [1.82, 2.24) is 9.80 Å². The number of nitrogens with zero attached hydrogens (tertiary/aromatic N) is 2. The molecule has 0 spiro atoms. The summed E-state index contributed by atoms with van der Waals surface area (Å²) >= 11 is 0. The standard InChI is InChI=1S/C27H46N2O/c1-26-10-9-24-23(25(26)17-22(18-26)28-11-3-4-12-28)8-6-20-5-7-21(19-27(20,24)2)29-13-15-30-16-14-29/h20-25H,3-19H2,1-2H3/t20-,21-,22+,23-,24+,25+,26-,27+/m1/s1. The second-order valence-corrected chi connectivity index (χ2v) is 12.8. The van der Waals surface area contributed by atoms with E-state index in [0.29, 0.717) is 10.8 Å². The Morgan fingerprint density at radius 2 is 1.47 bits per heavy atom. The van der Waals surface area contributed by atoms with Crippen LogP contribution in [-0.2, 0) is 4.74 Å². The number of ether oxygens (including phenoxy) is 1. The molecule has 0 radical (unpaired) electrons. The Morgan fingerprint density at radius 1 is 0.733 bits per heavy atom. The molecular weight excluding hydrogens is 368 g/mol. The van der Waals surface area contributed by atoms with Crippen LogP contribution in [0.1, 0.15) is 84.5 Å². The van der Waals surface area contributed by atoms with Gasteiger partial charge in [-0.2, -0.15) is 0 Å². The molecule has 0 aromatic rings. The predicted octanol–water partition coefficient (Wildman–Crippen LogP) is 5.19. The summed E-state index contributed by atoms with van der Waals surface area (Å²) in [4.78, 5) is 5.70. The van der Waals surface area contributed by atoms with Gasteiger partial charge in [0.1, 0.15) is 0 Å². The fraction of sp³-hybridized carbons (Fsp3) is 1.00. The van der Waals surface area contributed by atoms with Crippen molar-refractivity contribution in [3.05, 3.63) is 0 Å². The van der Waals surface area contributed by atoms with E-state index in [0.717, 1.165) is 49.0 Å². The first-order valence-electron chi connectivity index (χ1n) is 13.6. The minimum absolute atomic E-state index is 0.608. The smallest absolute Gasteiger partial charge is 0.0594 e. The van der Waals surface area contributed by atoms with Crippen molar-refractivity contribution in [3.63, 3.8) is 0 Å².